The number of nitrogens with zero attached hydrogens (tertiary/aromatic N) is 1. The van der Waals surface area contributed by atoms with Crippen molar-refractivity contribution in [3.63, 3.8) is 0 Å². The quantitative estimate of drug-likeness (QED) is 0.869. The maximum absolute atomic E-state index is 12.1. The molecule has 2 rings (SSSR count). The molecule has 21 heavy (non-hydrogen) atoms. The van der Waals surface area contributed by atoms with E-state index in [2.05, 4.69) is 29.4 Å². The molecule has 2 amide bonds. The molecule has 1 fully saturated rings. The minimum Gasteiger partial charge on any atom is -0.372 e. The van der Waals surface area contributed by atoms with Crippen molar-refractivity contribution in [2.45, 2.75) is 19.9 Å². The van der Waals surface area contributed by atoms with Gasteiger partial charge in [-0.3, -0.25) is 9.59 Å². The third-order valence-electron chi connectivity index (χ3n) is 3.43. The van der Waals surface area contributed by atoms with Gasteiger partial charge in [0.05, 0.1) is 5.75 Å². The van der Waals surface area contributed by atoms with E-state index in [-0.39, 0.29) is 11.8 Å². The highest BCUT2D eigenvalue weighted by Gasteiger charge is 2.24. The molecule has 2 N–H and O–H groups in total. The predicted octanol–water partition coefficient (Wildman–Crippen LogP) is 1.70. The number of thioether (sulfide) groups is 1. The molecule has 1 unspecified atom stereocenters. The summed E-state index contributed by atoms with van der Waals surface area (Å²) < 4.78 is 0. The summed E-state index contributed by atoms with van der Waals surface area (Å²) in [5.74, 6) is 0.812. The normalized spacial score (nSPS) is 18.0. The molecule has 1 aromatic carbocycles. The van der Waals surface area contributed by atoms with E-state index in [4.69, 9.17) is 0 Å². The van der Waals surface area contributed by atoms with Crippen molar-refractivity contribution in [1.29, 1.82) is 0 Å². The van der Waals surface area contributed by atoms with E-state index in [1.807, 2.05) is 24.3 Å². The third-order valence-corrected chi connectivity index (χ3v) is 4.47. The second-order valence-electron chi connectivity index (χ2n) is 4.84. The molecule has 1 aliphatic rings. The number of amides is 2. The van der Waals surface area contributed by atoms with Crippen LogP contribution in [-0.2, 0) is 9.59 Å². The summed E-state index contributed by atoms with van der Waals surface area (Å²) in [6.45, 7) is 6.13. The Morgan fingerprint density at radius 1 is 1.33 bits per heavy atom. The lowest BCUT2D eigenvalue weighted by Gasteiger charge is -2.23. The van der Waals surface area contributed by atoms with Crippen LogP contribution in [0.5, 0.6) is 0 Å². The summed E-state index contributed by atoms with van der Waals surface area (Å²) in [6.07, 6.45) is 0. The Labute approximate surface area is 129 Å². The van der Waals surface area contributed by atoms with Crippen molar-refractivity contribution in [3.8, 4) is 0 Å². The van der Waals surface area contributed by atoms with Crippen LogP contribution in [0, 0.1) is 0 Å². The highest BCUT2D eigenvalue weighted by Crippen LogP contribution is 2.18. The van der Waals surface area contributed by atoms with Crippen LogP contribution in [0.2, 0.25) is 0 Å². The van der Waals surface area contributed by atoms with E-state index in [0.717, 1.165) is 24.5 Å². The van der Waals surface area contributed by atoms with E-state index in [9.17, 15) is 9.59 Å². The number of carbonyl (C=O) groups excluding carboxylic acids is 2. The number of nitrogens with one attached hydrogen (secondary N) is 2. The maximum atomic E-state index is 12.1. The van der Waals surface area contributed by atoms with Crippen LogP contribution in [0.1, 0.15) is 13.8 Å². The lowest BCUT2D eigenvalue weighted by Crippen LogP contribution is -2.49. The second-order valence-corrected chi connectivity index (χ2v) is 5.87. The molecule has 1 atom stereocenters. The standard InChI is InChI=1S/C15H21N3O2S/c1-3-18(4-2)12-7-5-11(6-8-12)16-15(20)13-9-21-10-14(19)17-13/h5-8,13H,3-4,9-10H2,1-2H3,(H,16,20)(H,17,19). The summed E-state index contributed by atoms with van der Waals surface area (Å²) in [5, 5.41) is 5.55. The van der Waals surface area contributed by atoms with Crippen LogP contribution in [0.15, 0.2) is 24.3 Å². The zero-order valence-electron chi connectivity index (χ0n) is 12.4. The van der Waals surface area contributed by atoms with Crippen molar-refractivity contribution in [3.05, 3.63) is 24.3 Å². The van der Waals surface area contributed by atoms with Gasteiger partial charge in [-0.1, -0.05) is 0 Å². The molecule has 0 saturated carbocycles. The molecule has 1 aliphatic heterocycles. The first kappa shape index (κ1) is 15.7. The Morgan fingerprint density at radius 3 is 2.57 bits per heavy atom. The third kappa shape index (κ3) is 4.14. The number of rotatable bonds is 5. The van der Waals surface area contributed by atoms with Crippen molar-refractivity contribution in [1.82, 2.24) is 5.32 Å². The van der Waals surface area contributed by atoms with Crippen molar-refractivity contribution in [2.24, 2.45) is 0 Å². The second kappa shape index (κ2) is 7.36. The van der Waals surface area contributed by atoms with Gasteiger partial charge < -0.3 is 15.5 Å². The van der Waals surface area contributed by atoms with Gasteiger partial charge in [0.25, 0.3) is 0 Å². The minimum absolute atomic E-state index is 0.0803. The first-order chi connectivity index (χ1) is 10.1. The number of hydrogen-bond donors (Lipinski definition) is 2. The Bertz CT molecular complexity index is 500. The molecule has 1 heterocycles. The van der Waals surface area contributed by atoms with Crippen LogP contribution in [0.3, 0.4) is 0 Å². The molecular weight excluding hydrogens is 286 g/mol. The molecule has 5 nitrogen and oxygen atoms in total. The summed E-state index contributed by atoms with van der Waals surface area (Å²) in [4.78, 5) is 25.6. The SMILES string of the molecule is CCN(CC)c1ccc(NC(=O)C2CSCC(=O)N2)cc1. The summed E-state index contributed by atoms with van der Waals surface area (Å²) in [7, 11) is 0. The molecule has 114 valence electrons. The topological polar surface area (TPSA) is 61.4 Å². The minimum atomic E-state index is -0.446. The molecule has 0 spiro atoms. The molecule has 0 bridgehead atoms. The zero-order chi connectivity index (χ0) is 15.2. The number of anilines is 2. The zero-order valence-corrected chi connectivity index (χ0v) is 13.2. The first-order valence-electron chi connectivity index (χ1n) is 7.17. The fourth-order valence-electron chi connectivity index (χ4n) is 2.26. The van der Waals surface area contributed by atoms with Crippen molar-refractivity contribution < 1.29 is 9.59 Å². The molecule has 1 saturated heterocycles. The van der Waals surface area contributed by atoms with Gasteiger partial charge in [-0.25, -0.2) is 0 Å². The summed E-state index contributed by atoms with van der Waals surface area (Å²) >= 11 is 1.48. The fraction of sp³-hybridized carbons (Fsp3) is 0.467. The van der Waals surface area contributed by atoms with E-state index in [1.54, 1.807) is 0 Å². The van der Waals surface area contributed by atoms with Crippen molar-refractivity contribution in [2.75, 3.05) is 34.8 Å². The first-order valence-corrected chi connectivity index (χ1v) is 8.32. The van der Waals surface area contributed by atoms with Gasteiger partial charge in [0, 0.05) is 30.2 Å². The largest absolute Gasteiger partial charge is 0.372 e. The highest BCUT2D eigenvalue weighted by molar-refractivity contribution is 8.00. The number of hydrogen-bond acceptors (Lipinski definition) is 4. The van der Waals surface area contributed by atoms with E-state index >= 15 is 0 Å². The van der Waals surface area contributed by atoms with Crippen LogP contribution in [-0.4, -0.2) is 42.5 Å². The van der Waals surface area contributed by atoms with Crippen LogP contribution >= 0.6 is 11.8 Å². The fourth-order valence-corrected chi connectivity index (χ4v) is 3.12. The summed E-state index contributed by atoms with van der Waals surface area (Å²) in [6, 6.07) is 7.33. The molecule has 0 aromatic heterocycles. The van der Waals surface area contributed by atoms with E-state index in [1.165, 1.54) is 11.8 Å². The van der Waals surface area contributed by atoms with Gasteiger partial charge in [-0.15, -0.1) is 11.8 Å². The highest BCUT2D eigenvalue weighted by atomic mass is 32.2. The van der Waals surface area contributed by atoms with Gasteiger partial charge in [-0.2, -0.15) is 0 Å². The van der Waals surface area contributed by atoms with Crippen LogP contribution < -0.4 is 15.5 Å². The van der Waals surface area contributed by atoms with Crippen molar-refractivity contribution >= 4 is 35.0 Å². The van der Waals surface area contributed by atoms with Crippen LogP contribution in [0.4, 0.5) is 11.4 Å². The average molecular weight is 307 g/mol. The Hall–Kier alpha value is -1.69. The number of benzene rings is 1. The smallest absolute Gasteiger partial charge is 0.247 e. The lowest BCUT2D eigenvalue weighted by molar-refractivity contribution is -0.124. The average Bonchev–Trinajstić information content (AvgIpc) is 2.50. The number of carbonyl (C=O) groups is 2. The molecule has 0 radical (unpaired) electrons. The monoisotopic (exact) mass is 307 g/mol. The predicted molar refractivity (Wildman–Crippen MR) is 87.9 cm³/mol. The Kier molecular flexibility index (Phi) is 5.50. The van der Waals surface area contributed by atoms with Gasteiger partial charge >= 0.3 is 0 Å². The summed E-state index contributed by atoms with van der Waals surface area (Å²) in [5.41, 5.74) is 1.89. The Morgan fingerprint density at radius 2 is 2.00 bits per heavy atom. The molecular formula is C15H21N3O2S. The maximum Gasteiger partial charge on any atom is 0.247 e. The van der Waals surface area contributed by atoms with Gasteiger partial charge in [-0.05, 0) is 38.1 Å². The van der Waals surface area contributed by atoms with E-state index < -0.39 is 6.04 Å². The molecule has 0 aliphatic carbocycles. The van der Waals surface area contributed by atoms with Crippen LogP contribution in [0.25, 0.3) is 0 Å². The molecule has 1 aromatic rings. The molecule has 6 heteroatoms. The van der Waals surface area contributed by atoms with Gasteiger partial charge in [0.15, 0.2) is 0 Å². The van der Waals surface area contributed by atoms with E-state index in [0.29, 0.717) is 11.5 Å². The lowest BCUT2D eigenvalue weighted by atomic mass is 10.2. The van der Waals surface area contributed by atoms with Gasteiger partial charge in [0.2, 0.25) is 11.8 Å². The Balaban J connectivity index is 1.96. The van der Waals surface area contributed by atoms with Gasteiger partial charge in [0.1, 0.15) is 6.04 Å².